The van der Waals surface area contributed by atoms with E-state index in [0.29, 0.717) is 0 Å². The van der Waals surface area contributed by atoms with Crippen molar-refractivity contribution in [2.24, 2.45) is 0 Å². The summed E-state index contributed by atoms with van der Waals surface area (Å²) in [5, 5.41) is 0. The van der Waals surface area contributed by atoms with E-state index < -0.39 is 0 Å². The molecule has 0 spiro atoms. The van der Waals surface area contributed by atoms with Crippen LogP contribution in [0.5, 0.6) is 0 Å². The van der Waals surface area contributed by atoms with Crippen LogP contribution in [0.1, 0.15) is 22.5 Å². The van der Waals surface area contributed by atoms with Gasteiger partial charge in [0.2, 0.25) is 0 Å². The van der Waals surface area contributed by atoms with E-state index >= 15 is 0 Å². The standard InChI is InChI=1S/C17H17NS/c1-13-10-14(2)12-17(11-13)19-9-5-8-16-7-4-6-15(3)18-16/h4,6-7,10-12H,9H2,1-3H3. The number of pyridine rings is 1. The molecule has 0 aliphatic carbocycles. The zero-order chi connectivity index (χ0) is 13.7. The quantitative estimate of drug-likeness (QED) is 0.599. The van der Waals surface area contributed by atoms with Gasteiger partial charge in [-0.3, -0.25) is 0 Å². The van der Waals surface area contributed by atoms with Gasteiger partial charge in [0.15, 0.2) is 0 Å². The normalized spacial score (nSPS) is 9.84. The molecule has 2 heteroatoms. The number of hydrogen-bond donors (Lipinski definition) is 0. The molecule has 19 heavy (non-hydrogen) atoms. The van der Waals surface area contributed by atoms with Crippen molar-refractivity contribution in [1.82, 2.24) is 4.98 Å². The van der Waals surface area contributed by atoms with Gasteiger partial charge in [-0.15, -0.1) is 11.8 Å². The fourth-order valence-electron chi connectivity index (χ4n) is 1.87. The van der Waals surface area contributed by atoms with Gasteiger partial charge in [0.05, 0.1) is 5.75 Å². The Balaban J connectivity index is 1.97. The number of nitrogens with zero attached hydrogens (tertiary/aromatic N) is 1. The molecule has 0 atom stereocenters. The molecular weight excluding hydrogens is 250 g/mol. The minimum absolute atomic E-state index is 0.790. The number of rotatable bonds is 2. The molecule has 0 fully saturated rings. The second-order valence-electron chi connectivity index (χ2n) is 4.58. The van der Waals surface area contributed by atoms with Gasteiger partial charge in [-0.2, -0.15) is 0 Å². The van der Waals surface area contributed by atoms with Crippen molar-refractivity contribution in [2.75, 3.05) is 5.75 Å². The summed E-state index contributed by atoms with van der Waals surface area (Å²) in [6.45, 7) is 6.23. The predicted molar refractivity (Wildman–Crippen MR) is 82.5 cm³/mol. The zero-order valence-corrected chi connectivity index (χ0v) is 12.3. The lowest BCUT2D eigenvalue weighted by atomic mass is 10.2. The molecule has 2 rings (SSSR count). The van der Waals surface area contributed by atoms with Gasteiger partial charge in [0.25, 0.3) is 0 Å². The number of hydrogen-bond acceptors (Lipinski definition) is 2. The van der Waals surface area contributed by atoms with Gasteiger partial charge in [0.1, 0.15) is 5.69 Å². The molecule has 0 saturated carbocycles. The maximum Gasteiger partial charge on any atom is 0.113 e. The molecule has 2 aromatic rings. The Morgan fingerprint density at radius 1 is 1.05 bits per heavy atom. The second-order valence-corrected chi connectivity index (χ2v) is 5.63. The van der Waals surface area contributed by atoms with Gasteiger partial charge >= 0.3 is 0 Å². The SMILES string of the molecule is Cc1cc(C)cc(SCC#Cc2cccc(C)n2)c1. The Morgan fingerprint density at radius 2 is 1.79 bits per heavy atom. The average Bonchev–Trinajstić information content (AvgIpc) is 2.34. The fraction of sp³-hybridized carbons (Fsp3) is 0.235. The predicted octanol–water partition coefficient (Wildman–Crippen LogP) is 4.15. The third-order valence-corrected chi connectivity index (χ3v) is 3.47. The molecule has 1 heterocycles. The van der Waals surface area contributed by atoms with Crippen molar-refractivity contribution in [2.45, 2.75) is 25.7 Å². The lowest BCUT2D eigenvalue weighted by Gasteiger charge is -2.01. The summed E-state index contributed by atoms with van der Waals surface area (Å²) < 4.78 is 0. The number of benzene rings is 1. The average molecular weight is 267 g/mol. The van der Waals surface area contributed by atoms with E-state index in [4.69, 9.17) is 0 Å². The van der Waals surface area contributed by atoms with Crippen molar-refractivity contribution >= 4 is 11.8 Å². The Bertz CT molecular complexity index is 615. The summed E-state index contributed by atoms with van der Waals surface area (Å²) in [5.74, 6) is 7.06. The highest BCUT2D eigenvalue weighted by Gasteiger charge is 1.95. The van der Waals surface area contributed by atoms with Crippen LogP contribution >= 0.6 is 11.8 Å². The van der Waals surface area contributed by atoms with Crippen LogP contribution in [0, 0.1) is 32.6 Å². The van der Waals surface area contributed by atoms with Crippen LogP contribution in [0.25, 0.3) is 0 Å². The number of aromatic nitrogens is 1. The van der Waals surface area contributed by atoms with E-state index in [1.165, 1.54) is 16.0 Å². The summed E-state index contributed by atoms with van der Waals surface area (Å²) in [4.78, 5) is 5.64. The lowest BCUT2D eigenvalue weighted by molar-refractivity contribution is 1.18. The molecular formula is C17H17NS. The van der Waals surface area contributed by atoms with E-state index in [0.717, 1.165) is 17.1 Å². The lowest BCUT2D eigenvalue weighted by Crippen LogP contribution is -1.85. The highest BCUT2D eigenvalue weighted by molar-refractivity contribution is 7.99. The van der Waals surface area contributed by atoms with Crippen LogP contribution in [0.3, 0.4) is 0 Å². The van der Waals surface area contributed by atoms with E-state index in [9.17, 15) is 0 Å². The highest BCUT2D eigenvalue weighted by Crippen LogP contribution is 2.20. The number of thioether (sulfide) groups is 1. The van der Waals surface area contributed by atoms with Gasteiger partial charge in [0, 0.05) is 10.6 Å². The molecule has 0 N–H and O–H groups in total. The molecule has 1 aromatic carbocycles. The smallest absolute Gasteiger partial charge is 0.113 e. The first-order valence-electron chi connectivity index (χ1n) is 6.27. The topological polar surface area (TPSA) is 12.9 Å². The summed E-state index contributed by atoms with van der Waals surface area (Å²) in [6.07, 6.45) is 0. The Hall–Kier alpha value is -1.72. The van der Waals surface area contributed by atoms with Crippen molar-refractivity contribution in [3.63, 3.8) is 0 Å². The summed E-state index contributed by atoms with van der Waals surface area (Å²) in [5.41, 5.74) is 4.46. The fourth-order valence-corrected chi connectivity index (χ4v) is 2.72. The first-order valence-corrected chi connectivity index (χ1v) is 7.26. The Kier molecular flexibility index (Phi) is 4.65. The van der Waals surface area contributed by atoms with E-state index in [1.807, 2.05) is 25.1 Å². The first kappa shape index (κ1) is 13.7. The van der Waals surface area contributed by atoms with E-state index in [-0.39, 0.29) is 0 Å². The van der Waals surface area contributed by atoms with Crippen LogP contribution in [0.4, 0.5) is 0 Å². The van der Waals surface area contributed by atoms with Crippen LogP contribution < -0.4 is 0 Å². The van der Waals surface area contributed by atoms with Crippen LogP contribution in [0.2, 0.25) is 0 Å². The minimum Gasteiger partial charge on any atom is -0.245 e. The third-order valence-electron chi connectivity index (χ3n) is 2.61. The van der Waals surface area contributed by atoms with Crippen molar-refractivity contribution < 1.29 is 0 Å². The van der Waals surface area contributed by atoms with E-state index in [1.54, 1.807) is 11.8 Å². The van der Waals surface area contributed by atoms with Crippen molar-refractivity contribution in [1.29, 1.82) is 0 Å². The largest absolute Gasteiger partial charge is 0.245 e. The molecule has 0 aliphatic rings. The maximum atomic E-state index is 4.36. The molecule has 0 aliphatic heterocycles. The monoisotopic (exact) mass is 267 g/mol. The van der Waals surface area contributed by atoms with Crippen LogP contribution in [0.15, 0.2) is 41.3 Å². The summed E-state index contributed by atoms with van der Waals surface area (Å²) >= 11 is 1.77. The third kappa shape index (κ3) is 4.46. The highest BCUT2D eigenvalue weighted by atomic mass is 32.2. The van der Waals surface area contributed by atoms with Gasteiger partial charge in [-0.25, -0.2) is 4.98 Å². The Morgan fingerprint density at radius 3 is 2.47 bits per heavy atom. The first-order chi connectivity index (χ1) is 9.13. The molecule has 0 saturated heterocycles. The molecule has 0 amide bonds. The maximum absolute atomic E-state index is 4.36. The van der Waals surface area contributed by atoms with Gasteiger partial charge in [-0.05, 0) is 62.1 Å². The molecule has 1 aromatic heterocycles. The summed E-state index contributed by atoms with van der Waals surface area (Å²) in [6, 6.07) is 12.5. The number of aryl methyl sites for hydroxylation is 3. The molecule has 0 bridgehead atoms. The Labute approximate surface area is 119 Å². The van der Waals surface area contributed by atoms with Crippen molar-refractivity contribution in [3.05, 3.63) is 58.9 Å². The van der Waals surface area contributed by atoms with E-state index in [2.05, 4.69) is 48.9 Å². The van der Waals surface area contributed by atoms with Gasteiger partial charge in [-0.1, -0.05) is 18.1 Å². The second kappa shape index (κ2) is 6.45. The minimum atomic E-state index is 0.790. The van der Waals surface area contributed by atoms with Crippen LogP contribution in [-0.4, -0.2) is 10.7 Å². The summed E-state index contributed by atoms with van der Waals surface area (Å²) in [7, 11) is 0. The zero-order valence-electron chi connectivity index (χ0n) is 11.5. The molecule has 0 radical (unpaired) electrons. The van der Waals surface area contributed by atoms with Crippen molar-refractivity contribution in [3.8, 4) is 11.8 Å². The molecule has 1 nitrogen and oxygen atoms in total. The van der Waals surface area contributed by atoms with Crippen LogP contribution in [-0.2, 0) is 0 Å². The molecule has 96 valence electrons. The van der Waals surface area contributed by atoms with Gasteiger partial charge < -0.3 is 0 Å². The molecule has 0 unspecified atom stereocenters.